The summed E-state index contributed by atoms with van der Waals surface area (Å²) in [5.74, 6) is -0.0682. The first-order chi connectivity index (χ1) is 10.8. The van der Waals surface area contributed by atoms with E-state index >= 15 is 0 Å². The van der Waals surface area contributed by atoms with Gasteiger partial charge in [0.15, 0.2) is 0 Å². The first kappa shape index (κ1) is 15.2. The fourth-order valence-electron chi connectivity index (χ4n) is 2.94. The maximum absolute atomic E-state index is 12.3. The topological polar surface area (TPSA) is 45.2 Å². The lowest BCUT2D eigenvalue weighted by molar-refractivity contribution is 0.0937. The molecule has 0 saturated carbocycles. The number of carbonyl (C=O) groups is 1. The number of nitrogens with zero attached hydrogens (tertiary/aromatic N) is 2. The highest BCUT2D eigenvalue weighted by atomic mass is 32.1. The average Bonchev–Trinajstić information content (AvgIpc) is 3.22. The number of likely N-dealkylation sites (tertiary alicyclic amines) is 1. The summed E-state index contributed by atoms with van der Waals surface area (Å²) in [5, 5.41) is 5.76. The third-order valence-corrected chi connectivity index (χ3v) is 5.05. The quantitative estimate of drug-likeness (QED) is 0.922. The molecule has 5 heteroatoms. The fraction of sp³-hybridized carbons (Fsp3) is 0.412. The molecule has 0 radical (unpaired) electrons. The van der Waals surface area contributed by atoms with E-state index in [0.717, 1.165) is 23.7 Å². The highest BCUT2D eigenvalue weighted by molar-refractivity contribution is 7.13. The Balaban J connectivity index is 1.60. The lowest BCUT2D eigenvalue weighted by Crippen LogP contribution is -2.40. The third-order valence-electron chi connectivity index (χ3n) is 4.16. The van der Waals surface area contributed by atoms with Crippen molar-refractivity contribution in [3.8, 4) is 10.6 Å². The van der Waals surface area contributed by atoms with Crippen LogP contribution in [-0.2, 0) is 0 Å². The number of amides is 1. The van der Waals surface area contributed by atoms with Gasteiger partial charge < -0.3 is 5.32 Å². The first-order valence-electron chi connectivity index (χ1n) is 7.81. The molecule has 4 nitrogen and oxygen atoms in total. The van der Waals surface area contributed by atoms with Gasteiger partial charge in [-0.2, -0.15) is 0 Å². The monoisotopic (exact) mass is 315 g/mol. The summed E-state index contributed by atoms with van der Waals surface area (Å²) in [6, 6.07) is 10.4. The van der Waals surface area contributed by atoms with E-state index in [1.807, 2.05) is 35.7 Å². The second-order valence-corrected chi connectivity index (χ2v) is 6.40. The molecule has 2 heterocycles. The second-order valence-electron chi connectivity index (χ2n) is 5.54. The number of nitrogens with one attached hydrogen (secondary N) is 1. The van der Waals surface area contributed by atoms with Crippen LogP contribution in [-0.4, -0.2) is 41.5 Å². The van der Waals surface area contributed by atoms with Gasteiger partial charge in [0, 0.05) is 23.5 Å². The third kappa shape index (κ3) is 3.36. The van der Waals surface area contributed by atoms with Crippen molar-refractivity contribution in [3.63, 3.8) is 0 Å². The van der Waals surface area contributed by atoms with E-state index in [4.69, 9.17) is 0 Å². The summed E-state index contributed by atoms with van der Waals surface area (Å²) in [4.78, 5) is 19.1. The normalized spacial score (nSPS) is 18.5. The van der Waals surface area contributed by atoms with E-state index in [2.05, 4.69) is 22.1 Å². The maximum Gasteiger partial charge on any atom is 0.270 e. The smallest absolute Gasteiger partial charge is 0.270 e. The van der Waals surface area contributed by atoms with Gasteiger partial charge in [-0.3, -0.25) is 9.69 Å². The Morgan fingerprint density at radius 1 is 1.41 bits per heavy atom. The van der Waals surface area contributed by atoms with Gasteiger partial charge in [0.25, 0.3) is 5.91 Å². The molecule has 1 aliphatic heterocycles. The molecule has 1 aromatic heterocycles. The average molecular weight is 315 g/mol. The Morgan fingerprint density at radius 2 is 2.23 bits per heavy atom. The number of hydrogen-bond acceptors (Lipinski definition) is 4. The molecule has 1 unspecified atom stereocenters. The Hall–Kier alpha value is -1.72. The van der Waals surface area contributed by atoms with Crippen LogP contribution in [0.1, 0.15) is 30.3 Å². The predicted molar refractivity (Wildman–Crippen MR) is 90.2 cm³/mol. The lowest BCUT2D eigenvalue weighted by atomic mass is 10.2. The number of carbonyl (C=O) groups excluding carboxylic acids is 1. The Bertz CT molecular complexity index is 626. The predicted octanol–water partition coefficient (Wildman–Crippen LogP) is 3.02. The molecular formula is C17H21N3OS. The van der Waals surface area contributed by atoms with Gasteiger partial charge in [-0.05, 0) is 25.9 Å². The van der Waals surface area contributed by atoms with Crippen molar-refractivity contribution in [2.45, 2.75) is 25.8 Å². The molecule has 0 bridgehead atoms. The molecular weight excluding hydrogens is 294 g/mol. The summed E-state index contributed by atoms with van der Waals surface area (Å²) in [6.45, 7) is 5.08. The molecule has 1 amide bonds. The molecule has 1 aromatic carbocycles. The molecule has 22 heavy (non-hydrogen) atoms. The Kier molecular flexibility index (Phi) is 4.85. The van der Waals surface area contributed by atoms with Gasteiger partial charge in [0.2, 0.25) is 0 Å². The van der Waals surface area contributed by atoms with Crippen molar-refractivity contribution in [2.75, 3.05) is 19.6 Å². The number of thiazole rings is 1. The van der Waals surface area contributed by atoms with Gasteiger partial charge >= 0.3 is 0 Å². The fourth-order valence-corrected chi connectivity index (χ4v) is 3.74. The van der Waals surface area contributed by atoms with Crippen LogP contribution in [0.4, 0.5) is 0 Å². The van der Waals surface area contributed by atoms with Crippen molar-refractivity contribution < 1.29 is 4.79 Å². The number of hydrogen-bond donors (Lipinski definition) is 1. The summed E-state index contributed by atoms with van der Waals surface area (Å²) in [5.41, 5.74) is 1.57. The lowest BCUT2D eigenvalue weighted by Gasteiger charge is -2.22. The molecule has 1 atom stereocenters. The molecule has 1 saturated heterocycles. The summed E-state index contributed by atoms with van der Waals surface area (Å²) >= 11 is 1.51. The van der Waals surface area contributed by atoms with Crippen LogP contribution < -0.4 is 5.32 Å². The highest BCUT2D eigenvalue weighted by Gasteiger charge is 2.23. The van der Waals surface area contributed by atoms with Crippen molar-refractivity contribution in [1.29, 1.82) is 0 Å². The van der Waals surface area contributed by atoms with Gasteiger partial charge in [0.05, 0.1) is 0 Å². The van der Waals surface area contributed by atoms with Crippen LogP contribution in [0.5, 0.6) is 0 Å². The molecule has 2 aromatic rings. The summed E-state index contributed by atoms with van der Waals surface area (Å²) < 4.78 is 0. The zero-order valence-electron chi connectivity index (χ0n) is 12.8. The number of rotatable bonds is 5. The van der Waals surface area contributed by atoms with Crippen molar-refractivity contribution in [2.24, 2.45) is 0 Å². The van der Waals surface area contributed by atoms with E-state index in [1.54, 1.807) is 0 Å². The van der Waals surface area contributed by atoms with E-state index in [-0.39, 0.29) is 5.91 Å². The minimum atomic E-state index is -0.0682. The van der Waals surface area contributed by atoms with E-state index in [1.165, 1.54) is 24.2 Å². The summed E-state index contributed by atoms with van der Waals surface area (Å²) in [7, 11) is 0. The SMILES string of the molecule is CCN1CCCC1CNC(=O)c1csc(-c2ccccc2)n1. The van der Waals surface area contributed by atoms with Gasteiger partial charge in [0.1, 0.15) is 10.7 Å². The van der Waals surface area contributed by atoms with Crippen molar-refractivity contribution in [1.82, 2.24) is 15.2 Å². The van der Waals surface area contributed by atoms with Crippen LogP contribution in [0.15, 0.2) is 35.7 Å². The van der Waals surface area contributed by atoms with Crippen molar-refractivity contribution >= 4 is 17.2 Å². The van der Waals surface area contributed by atoms with Gasteiger partial charge in [-0.25, -0.2) is 4.98 Å². The number of benzene rings is 1. The molecule has 0 spiro atoms. The van der Waals surface area contributed by atoms with E-state index < -0.39 is 0 Å². The minimum Gasteiger partial charge on any atom is -0.349 e. The molecule has 1 fully saturated rings. The van der Waals surface area contributed by atoms with E-state index in [0.29, 0.717) is 18.3 Å². The van der Waals surface area contributed by atoms with Crippen LogP contribution in [0.3, 0.4) is 0 Å². The second kappa shape index (κ2) is 7.03. The molecule has 116 valence electrons. The number of likely N-dealkylation sites (N-methyl/N-ethyl adjacent to an activating group) is 1. The molecule has 3 rings (SSSR count). The van der Waals surface area contributed by atoms with Crippen LogP contribution in [0, 0.1) is 0 Å². The number of aromatic nitrogens is 1. The minimum absolute atomic E-state index is 0.0682. The molecule has 1 aliphatic rings. The maximum atomic E-state index is 12.3. The highest BCUT2D eigenvalue weighted by Crippen LogP contribution is 2.23. The van der Waals surface area contributed by atoms with E-state index in [9.17, 15) is 4.79 Å². The van der Waals surface area contributed by atoms with Gasteiger partial charge in [-0.1, -0.05) is 37.3 Å². The standard InChI is InChI=1S/C17H21N3OS/c1-2-20-10-6-9-14(20)11-18-16(21)15-12-22-17(19-15)13-7-4-3-5-8-13/h3-5,7-8,12,14H,2,6,9-11H2,1H3,(H,18,21). The van der Waals surface area contributed by atoms with Crippen LogP contribution >= 0.6 is 11.3 Å². The zero-order valence-corrected chi connectivity index (χ0v) is 13.6. The summed E-state index contributed by atoms with van der Waals surface area (Å²) in [6.07, 6.45) is 2.39. The molecule has 1 N–H and O–H groups in total. The first-order valence-corrected chi connectivity index (χ1v) is 8.69. The zero-order chi connectivity index (χ0) is 15.4. The van der Waals surface area contributed by atoms with Gasteiger partial charge in [-0.15, -0.1) is 11.3 Å². The van der Waals surface area contributed by atoms with Crippen molar-refractivity contribution in [3.05, 3.63) is 41.4 Å². The Morgan fingerprint density at radius 3 is 3.00 bits per heavy atom. The molecule has 0 aliphatic carbocycles. The van der Waals surface area contributed by atoms with Crippen LogP contribution in [0.25, 0.3) is 10.6 Å². The Labute approximate surface area is 135 Å². The largest absolute Gasteiger partial charge is 0.349 e. The van der Waals surface area contributed by atoms with Crippen LogP contribution in [0.2, 0.25) is 0 Å².